The predicted molar refractivity (Wildman–Crippen MR) is 276 cm³/mol. The number of carbonyl (C=O) groups is 2. The molecule has 0 bridgehead atoms. The maximum absolute atomic E-state index is 14.9. The Morgan fingerprint density at radius 3 is 2.24 bits per heavy atom. The van der Waals surface area contributed by atoms with Gasteiger partial charge in [0.2, 0.25) is 11.7 Å². The number of rotatable bonds is 25. The Kier molecular flexibility index (Phi) is 18.6. The highest BCUT2D eigenvalue weighted by Gasteiger charge is 2.65. The molecule has 6 unspecified atom stereocenters. The number of anilines is 1. The molecule has 7 rings (SSSR count). The first kappa shape index (κ1) is 54.2. The maximum atomic E-state index is 14.9. The summed E-state index contributed by atoms with van der Waals surface area (Å²) in [7, 11) is 3.00. The topological polar surface area (TPSA) is 244 Å². The molecule has 19 heteroatoms. The third-order valence-corrected chi connectivity index (χ3v) is 13.7. The fourth-order valence-corrected chi connectivity index (χ4v) is 10.4. The number of amides is 2. The number of fused-ring (bicyclic) bond motifs is 2. The predicted octanol–water partition coefficient (Wildman–Crippen LogP) is 9.92. The Morgan fingerprint density at radius 1 is 0.905 bits per heavy atom. The zero-order chi connectivity index (χ0) is 52.8. The molecule has 0 spiro atoms. The van der Waals surface area contributed by atoms with Crippen molar-refractivity contribution in [3.05, 3.63) is 152 Å². The highest BCUT2D eigenvalue weighted by molar-refractivity contribution is 6.03. The number of nitro groups is 2. The first-order chi connectivity index (χ1) is 35.9. The largest absolute Gasteiger partial charge is 0.497 e. The molecule has 2 amide bonds. The van der Waals surface area contributed by atoms with Crippen LogP contribution in [0.15, 0.2) is 120 Å². The van der Waals surface area contributed by atoms with E-state index in [4.69, 9.17) is 33.7 Å². The van der Waals surface area contributed by atoms with E-state index in [0.717, 1.165) is 5.57 Å². The Morgan fingerprint density at radius 2 is 1.59 bits per heavy atom. The summed E-state index contributed by atoms with van der Waals surface area (Å²) in [5.74, 6) is -1.85. The Labute approximate surface area is 429 Å². The number of nitrogens with zero attached hydrogens (tertiary/aromatic N) is 4. The molecule has 1 fully saturated rings. The average molecular weight is 1020 g/mol. The molecule has 392 valence electrons. The number of methoxy groups -OCH3 is 2. The minimum absolute atomic E-state index is 0.00959. The molecule has 74 heavy (non-hydrogen) atoms. The van der Waals surface area contributed by atoms with Crippen molar-refractivity contribution in [3.8, 4) is 23.0 Å². The van der Waals surface area contributed by atoms with Gasteiger partial charge in [-0.1, -0.05) is 37.1 Å². The van der Waals surface area contributed by atoms with Gasteiger partial charge in [0.1, 0.15) is 35.6 Å². The Hall–Kier alpha value is -7.61. The number of oxime groups is 1. The van der Waals surface area contributed by atoms with Crippen molar-refractivity contribution in [2.45, 2.75) is 82.6 Å². The van der Waals surface area contributed by atoms with Crippen molar-refractivity contribution in [1.29, 1.82) is 0 Å². The van der Waals surface area contributed by atoms with E-state index in [2.05, 4.69) is 18.0 Å². The van der Waals surface area contributed by atoms with Crippen LogP contribution >= 0.6 is 0 Å². The van der Waals surface area contributed by atoms with Crippen molar-refractivity contribution in [2.75, 3.05) is 45.9 Å². The standard InChI is InChI=1S/C55H63N5O14/c1-5-27-58(51(63)26-17-36-13-18-39(19-14-36)59(65)66)50-34-47(57-72-35-37-15-20-40(21-16-37)60(67)68)44-31-38(11-7-9-28-61)43(12-8-10-29-62)52-45-32-42(23-25-48(45)74-55(50,53(44)52)71-30-6-2)73-54(64)56-46-24-22-41(69-3)33-49(46)70-4/h6,13-26,31-33,38,43,50,52-53,61-62H,2,5,7-12,27-30,34-35H2,1,3-4H3,(H,56,64). The zero-order valence-corrected chi connectivity index (χ0v) is 41.8. The highest BCUT2D eigenvalue weighted by atomic mass is 16.7. The van der Waals surface area contributed by atoms with Crippen LogP contribution in [0.1, 0.15) is 80.9 Å². The summed E-state index contributed by atoms with van der Waals surface area (Å²) in [6.45, 7) is 6.18. The fraction of sp³-hybridized carbons (Fsp3) is 0.400. The van der Waals surface area contributed by atoms with Gasteiger partial charge in [-0.3, -0.25) is 30.3 Å². The van der Waals surface area contributed by atoms with E-state index in [9.17, 15) is 40.0 Å². The first-order valence-electron chi connectivity index (χ1n) is 24.8. The van der Waals surface area contributed by atoms with E-state index >= 15 is 0 Å². The lowest BCUT2D eigenvalue weighted by atomic mass is 9.55. The molecule has 0 radical (unpaired) electrons. The van der Waals surface area contributed by atoms with Gasteiger partial charge in [-0.25, -0.2) is 4.79 Å². The van der Waals surface area contributed by atoms with Gasteiger partial charge in [-0.15, -0.1) is 6.58 Å². The van der Waals surface area contributed by atoms with Crippen molar-refractivity contribution in [2.24, 2.45) is 22.9 Å². The second kappa shape index (κ2) is 25.4. The molecule has 1 saturated carbocycles. The van der Waals surface area contributed by atoms with Crippen LogP contribution in [0, 0.1) is 38.0 Å². The number of ether oxygens (including phenoxy) is 5. The number of nitrogens with one attached hydrogen (secondary N) is 1. The van der Waals surface area contributed by atoms with E-state index in [-0.39, 0.29) is 74.3 Å². The Bertz CT molecular complexity index is 2730. The summed E-state index contributed by atoms with van der Waals surface area (Å²) in [6.07, 6.45) is 10.5. The van der Waals surface area contributed by atoms with Gasteiger partial charge in [0.25, 0.3) is 11.4 Å². The van der Waals surface area contributed by atoms with Crippen LogP contribution in [0.3, 0.4) is 0 Å². The van der Waals surface area contributed by atoms with Crippen LogP contribution in [-0.2, 0) is 21.0 Å². The second-order valence-electron chi connectivity index (χ2n) is 18.3. The highest BCUT2D eigenvalue weighted by Crippen LogP contribution is 2.62. The minimum Gasteiger partial charge on any atom is -0.497 e. The van der Waals surface area contributed by atoms with E-state index in [1.807, 2.05) is 6.92 Å². The quantitative estimate of drug-likeness (QED) is 0.0184. The van der Waals surface area contributed by atoms with Crippen LogP contribution in [0.5, 0.6) is 23.0 Å². The number of nitro benzene ring substituents is 2. The number of allylic oxidation sites excluding steroid dienone is 1. The van der Waals surface area contributed by atoms with Crippen LogP contribution in [0.25, 0.3) is 6.08 Å². The van der Waals surface area contributed by atoms with Gasteiger partial charge in [0, 0.05) is 74.1 Å². The number of hydrogen-bond donors (Lipinski definition) is 3. The number of aliphatic hydroxyl groups excluding tert-OH is 2. The SMILES string of the molecule is C=CCOC12Oc3ccc(OC(=O)Nc4ccc(OC)cc4OC)cc3C3C(CCCCO)C(CCCCO)C=C(C(=NOCc4ccc([N+](=O)[O-])cc4)CC1N(CCC)C(=O)C=Cc1ccc([N+](=O)[O-])cc1)C32. The van der Waals surface area contributed by atoms with Crippen LogP contribution in [0.4, 0.5) is 21.9 Å². The lowest BCUT2D eigenvalue weighted by molar-refractivity contribution is -0.385. The Balaban J connectivity index is 1.39. The molecule has 1 aliphatic heterocycles. The lowest BCUT2D eigenvalue weighted by Crippen LogP contribution is -2.70. The van der Waals surface area contributed by atoms with Gasteiger partial charge >= 0.3 is 6.09 Å². The summed E-state index contributed by atoms with van der Waals surface area (Å²) < 4.78 is 31.2. The zero-order valence-electron chi connectivity index (χ0n) is 41.8. The number of unbranched alkanes of at least 4 members (excludes halogenated alkanes) is 2. The van der Waals surface area contributed by atoms with Gasteiger partial charge < -0.3 is 43.6 Å². The molecule has 4 aromatic carbocycles. The molecule has 19 nitrogen and oxygen atoms in total. The normalized spacial score (nSPS) is 21.1. The van der Waals surface area contributed by atoms with Gasteiger partial charge in [-0.05, 0) is 121 Å². The summed E-state index contributed by atoms with van der Waals surface area (Å²) in [5, 5.41) is 50.5. The van der Waals surface area contributed by atoms with E-state index in [1.54, 1.807) is 77.7 Å². The fourth-order valence-electron chi connectivity index (χ4n) is 10.4. The molecule has 0 saturated heterocycles. The number of hydrogen-bond acceptors (Lipinski definition) is 15. The molecule has 0 aromatic heterocycles. The number of carbonyl (C=O) groups excluding carboxylic acids is 2. The minimum atomic E-state index is -1.60. The van der Waals surface area contributed by atoms with E-state index in [0.29, 0.717) is 90.3 Å². The summed E-state index contributed by atoms with van der Waals surface area (Å²) in [6, 6.07) is 21.1. The molecule has 4 aromatic rings. The third kappa shape index (κ3) is 12.4. The molecular formula is C55H63N5O14. The number of aliphatic hydroxyl groups is 2. The molecule has 3 N–H and O–H groups in total. The summed E-state index contributed by atoms with van der Waals surface area (Å²) in [5.41, 5.74) is 3.39. The van der Waals surface area contributed by atoms with E-state index < -0.39 is 39.6 Å². The molecule has 6 atom stereocenters. The summed E-state index contributed by atoms with van der Waals surface area (Å²) in [4.78, 5) is 58.3. The van der Waals surface area contributed by atoms with Crippen LogP contribution < -0.4 is 24.3 Å². The average Bonchev–Trinajstić information content (AvgIpc) is 3.46. The van der Waals surface area contributed by atoms with Crippen molar-refractivity contribution in [1.82, 2.24) is 4.90 Å². The smallest absolute Gasteiger partial charge is 0.417 e. The monoisotopic (exact) mass is 1020 g/mol. The third-order valence-electron chi connectivity index (χ3n) is 13.7. The van der Waals surface area contributed by atoms with Crippen LogP contribution in [0.2, 0.25) is 0 Å². The molecule has 1 heterocycles. The van der Waals surface area contributed by atoms with Crippen molar-refractivity contribution >= 4 is 40.9 Å². The van der Waals surface area contributed by atoms with Gasteiger partial charge in [-0.2, -0.15) is 0 Å². The van der Waals surface area contributed by atoms with Crippen LogP contribution in [-0.4, -0.2) is 95.1 Å². The first-order valence-corrected chi connectivity index (χ1v) is 24.8. The van der Waals surface area contributed by atoms with Crippen molar-refractivity contribution in [3.63, 3.8) is 0 Å². The second-order valence-corrected chi connectivity index (χ2v) is 18.3. The summed E-state index contributed by atoms with van der Waals surface area (Å²) >= 11 is 0. The molecule has 2 aliphatic carbocycles. The van der Waals surface area contributed by atoms with Crippen molar-refractivity contribution < 1.29 is 58.2 Å². The molecular weight excluding hydrogens is 955 g/mol. The molecule has 3 aliphatic rings. The van der Waals surface area contributed by atoms with Gasteiger partial charge in [0.05, 0.1) is 48.0 Å². The lowest BCUT2D eigenvalue weighted by Gasteiger charge is -2.60. The number of non-ortho nitro benzene ring substituents is 2. The maximum Gasteiger partial charge on any atom is 0.417 e. The number of benzene rings is 4. The van der Waals surface area contributed by atoms with Gasteiger partial charge in [0.15, 0.2) is 0 Å². The van der Waals surface area contributed by atoms with E-state index in [1.165, 1.54) is 44.6 Å².